The first-order valence-corrected chi connectivity index (χ1v) is 11.1. The first-order chi connectivity index (χ1) is 9.24. The molecule has 126 valence electrons. The third-order valence-electron chi connectivity index (χ3n) is 3.94. The van der Waals surface area contributed by atoms with Crippen LogP contribution >= 0.6 is 7.26 Å². The normalized spacial score (nSPS) is 10.5. The zero-order valence-electron chi connectivity index (χ0n) is 14.8. The molecule has 0 bridgehead atoms. The molecule has 0 saturated carbocycles. The maximum atomic E-state index is 7.00. The first kappa shape index (κ1) is 25.8. The summed E-state index contributed by atoms with van der Waals surface area (Å²) in [6.07, 6.45) is 17.9. The van der Waals surface area contributed by atoms with Crippen LogP contribution in [0.25, 0.3) is 0 Å². The Morgan fingerprint density at radius 2 is 0.750 bits per heavy atom. The molecule has 0 aliphatic carbocycles. The lowest BCUT2D eigenvalue weighted by molar-refractivity contribution is -0.00000526. The predicted molar refractivity (Wildman–Crippen MR) is 94.2 cm³/mol. The van der Waals surface area contributed by atoms with Crippen LogP contribution in [-0.4, -0.2) is 36.9 Å². The number of aliphatic hydroxyl groups excluding tert-OH is 1. The third kappa shape index (κ3) is 13.8. The SMILES string of the molecule is CCCC[P+](CCCC)(CCCC)CCCC.CO.[Br-]. The summed E-state index contributed by atoms with van der Waals surface area (Å²) in [5.41, 5.74) is 0. The van der Waals surface area contributed by atoms with Crippen molar-refractivity contribution in [2.75, 3.05) is 31.8 Å². The Kier molecular flexibility index (Phi) is 25.6. The molecule has 1 nitrogen and oxygen atoms in total. The van der Waals surface area contributed by atoms with Crippen LogP contribution < -0.4 is 17.0 Å². The molecule has 0 atom stereocenters. The van der Waals surface area contributed by atoms with Crippen molar-refractivity contribution in [2.45, 2.75) is 79.1 Å². The third-order valence-corrected chi connectivity index (χ3v) is 9.00. The van der Waals surface area contributed by atoms with E-state index in [1.165, 1.54) is 51.4 Å². The van der Waals surface area contributed by atoms with Crippen molar-refractivity contribution in [3.63, 3.8) is 0 Å². The highest BCUT2D eigenvalue weighted by Gasteiger charge is 2.34. The minimum Gasteiger partial charge on any atom is -1.00 e. The number of rotatable bonds is 12. The summed E-state index contributed by atoms with van der Waals surface area (Å²) in [5.74, 6) is 0. The molecule has 0 radical (unpaired) electrons. The van der Waals surface area contributed by atoms with Gasteiger partial charge < -0.3 is 22.1 Å². The molecule has 1 N–H and O–H groups in total. The van der Waals surface area contributed by atoms with E-state index in [0.717, 1.165) is 7.11 Å². The van der Waals surface area contributed by atoms with Crippen LogP contribution in [0.2, 0.25) is 0 Å². The molecule has 0 rings (SSSR count). The van der Waals surface area contributed by atoms with Gasteiger partial charge >= 0.3 is 0 Å². The minimum absolute atomic E-state index is 0. The highest BCUT2D eigenvalue weighted by Crippen LogP contribution is 2.61. The molecular weight excluding hydrogens is 331 g/mol. The van der Waals surface area contributed by atoms with Gasteiger partial charge in [-0.05, 0) is 25.7 Å². The molecular formula is C17H40BrOP. The average molecular weight is 371 g/mol. The van der Waals surface area contributed by atoms with Gasteiger partial charge in [-0.2, -0.15) is 0 Å². The summed E-state index contributed by atoms with van der Waals surface area (Å²) in [6.45, 7) is 9.42. The molecule has 0 aromatic rings. The highest BCUT2D eigenvalue weighted by atomic mass is 79.9. The average Bonchev–Trinajstić information content (AvgIpc) is 2.48. The van der Waals surface area contributed by atoms with Crippen LogP contribution in [0.1, 0.15) is 79.1 Å². The van der Waals surface area contributed by atoms with Gasteiger partial charge in [0.2, 0.25) is 0 Å². The Balaban J connectivity index is -0.000000916. The van der Waals surface area contributed by atoms with Crippen LogP contribution in [0.15, 0.2) is 0 Å². The fraction of sp³-hybridized carbons (Fsp3) is 1.00. The van der Waals surface area contributed by atoms with E-state index in [9.17, 15) is 0 Å². The lowest BCUT2D eigenvalue weighted by atomic mass is 10.4. The van der Waals surface area contributed by atoms with Gasteiger partial charge in [-0.3, -0.25) is 0 Å². The molecule has 0 aromatic heterocycles. The molecule has 0 saturated heterocycles. The van der Waals surface area contributed by atoms with Crippen molar-refractivity contribution in [2.24, 2.45) is 0 Å². The highest BCUT2D eigenvalue weighted by molar-refractivity contribution is 7.75. The number of hydrogen-bond donors (Lipinski definition) is 1. The van der Waals surface area contributed by atoms with E-state index in [2.05, 4.69) is 27.7 Å². The molecule has 0 aliphatic heterocycles. The Morgan fingerprint density at radius 3 is 0.900 bits per heavy atom. The fourth-order valence-electron chi connectivity index (χ4n) is 2.64. The van der Waals surface area contributed by atoms with E-state index in [1.807, 2.05) is 0 Å². The van der Waals surface area contributed by atoms with E-state index in [-0.39, 0.29) is 17.0 Å². The molecule has 3 heteroatoms. The minimum atomic E-state index is -0.562. The second-order valence-electron chi connectivity index (χ2n) is 5.65. The Bertz CT molecular complexity index is 128. The quantitative estimate of drug-likeness (QED) is 0.523. The van der Waals surface area contributed by atoms with Crippen LogP contribution in [0.4, 0.5) is 0 Å². The van der Waals surface area contributed by atoms with Crippen molar-refractivity contribution in [1.29, 1.82) is 0 Å². The number of halogens is 1. The van der Waals surface area contributed by atoms with Gasteiger partial charge in [-0.15, -0.1) is 0 Å². The molecule has 0 aliphatic rings. The Morgan fingerprint density at radius 1 is 0.550 bits per heavy atom. The molecule has 0 spiro atoms. The summed E-state index contributed by atoms with van der Waals surface area (Å²) in [5, 5.41) is 7.00. The van der Waals surface area contributed by atoms with Gasteiger partial charge in [0.05, 0.1) is 24.6 Å². The molecule has 0 amide bonds. The van der Waals surface area contributed by atoms with E-state index in [1.54, 1.807) is 24.6 Å². The van der Waals surface area contributed by atoms with E-state index in [4.69, 9.17) is 5.11 Å². The monoisotopic (exact) mass is 370 g/mol. The second-order valence-corrected chi connectivity index (χ2v) is 10.1. The summed E-state index contributed by atoms with van der Waals surface area (Å²) in [7, 11) is 0.438. The maximum Gasteiger partial charge on any atom is 0.0594 e. The van der Waals surface area contributed by atoms with E-state index >= 15 is 0 Å². The smallest absolute Gasteiger partial charge is 0.0594 e. The lowest BCUT2D eigenvalue weighted by Gasteiger charge is -2.28. The summed E-state index contributed by atoms with van der Waals surface area (Å²) >= 11 is 0. The van der Waals surface area contributed by atoms with E-state index in [0.29, 0.717) is 0 Å². The molecule has 0 fully saturated rings. The second kappa shape index (κ2) is 19.9. The summed E-state index contributed by atoms with van der Waals surface area (Å²) in [4.78, 5) is 0. The van der Waals surface area contributed by atoms with E-state index < -0.39 is 7.26 Å². The zero-order valence-corrected chi connectivity index (χ0v) is 17.2. The van der Waals surface area contributed by atoms with Crippen molar-refractivity contribution in [3.8, 4) is 0 Å². The molecule has 20 heavy (non-hydrogen) atoms. The van der Waals surface area contributed by atoms with Gasteiger partial charge in [0.25, 0.3) is 0 Å². The van der Waals surface area contributed by atoms with Crippen molar-refractivity contribution in [3.05, 3.63) is 0 Å². The standard InChI is InChI=1S/C16H36P.CH4O.BrH/c1-5-9-13-17(14-10-6-2,15-11-7-3)16-12-8-4;1-2;/h5-16H2,1-4H3;2H,1H3;1H/q+1;;/p-1. The molecule has 0 unspecified atom stereocenters. The zero-order chi connectivity index (χ0) is 15.0. The maximum absolute atomic E-state index is 7.00. The predicted octanol–water partition coefficient (Wildman–Crippen LogP) is 2.82. The summed E-state index contributed by atoms with van der Waals surface area (Å²) < 4.78 is 0. The van der Waals surface area contributed by atoms with Crippen LogP contribution in [0.3, 0.4) is 0 Å². The van der Waals surface area contributed by atoms with Crippen LogP contribution in [0, 0.1) is 0 Å². The Labute approximate surface area is 140 Å². The van der Waals surface area contributed by atoms with Gasteiger partial charge in [0.15, 0.2) is 0 Å². The van der Waals surface area contributed by atoms with Gasteiger partial charge in [-0.1, -0.05) is 53.4 Å². The largest absolute Gasteiger partial charge is 1.00 e. The lowest BCUT2D eigenvalue weighted by Crippen LogP contribution is -3.00. The number of unbranched alkanes of at least 4 members (excludes halogenated alkanes) is 4. The molecule has 0 aromatic carbocycles. The first-order valence-electron chi connectivity index (χ1n) is 8.54. The van der Waals surface area contributed by atoms with Crippen LogP contribution in [-0.2, 0) is 0 Å². The topological polar surface area (TPSA) is 20.2 Å². The molecule has 0 heterocycles. The van der Waals surface area contributed by atoms with Gasteiger partial charge in [0, 0.05) is 14.4 Å². The van der Waals surface area contributed by atoms with Gasteiger partial charge in [0.1, 0.15) is 0 Å². The fourth-order valence-corrected chi connectivity index (χ4v) is 7.93. The van der Waals surface area contributed by atoms with Crippen molar-refractivity contribution < 1.29 is 22.1 Å². The van der Waals surface area contributed by atoms with Crippen molar-refractivity contribution >= 4 is 7.26 Å². The number of aliphatic hydroxyl groups is 1. The summed E-state index contributed by atoms with van der Waals surface area (Å²) in [6, 6.07) is 0. The van der Waals surface area contributed by atoms with Crippen molar-refractivity contribution in [1.82, 2.24) is 0 Å². The van der Waals surface area contributed by atoms with Crippen LogP contribution in [0.5, 0.6) is 0 Å². The van der Waals surface area contributed by atoms with Gasteiger partial charge in [-0.25, -0.2) is 0 Å². The Hall–Kier alpha value is 0.870. The number of hydrogen-bond acceptors (Lipinski definition) is 1.